The van der Waals surface area contributed by atoms with Crippen LogP contribution in [0, 0.1) is 3.57 Å². The van der Waals surface area contributed by atoms with Crippen LogP contribution in [0.1, 0.15) is 0 Å². The zero-order valence-electron chi connectivity index (χ0n) is 8.24. The molecular formula is C9H4F7IO. The molecular weight excluding hydrogens is 384 g/mol. The molecule has 0 amide bonds. The van der Waals surface area contributed by atoms with Gasteiger partial charge in [0.15, 0.2) is 0 Å². The van der Waals surface area contributed by atoms with Crippen LogP contribution in [0.15, 0.2) is 24.3 Å². The molecule has 1 aromatic rings. The molecule has 0 aromatic heterocycles. The fourth-order valence-electron chi connectivity index (χ4n) is 0.880. The maximum atomic E-state index is 12.8. The fourth-order valence-corrected chi connectivity index (χ4v) is 1.24. The predicted molar refractivity (Wildman–Crippen MR) is 55.7 cm³/mol. The molecule has 1 rings (SSSR count). The van der Waals surface area contributed by atoms with Crippen LogP contribution >= 0.6 is 22.6 Å². The minimum Gasteiger partial charge on any atom is -0.428 e. The second kappa shape index (κ2) is 4.74. The third-order valence-corrected chi connectivity index (χ3v) is 2.50. The van der Waals surface area contributed by atoms with Crippen molar-refractivity contribution in [1.29, 1.82) is 0 Å². The molecule has 0 saturated heterocycles. The van der Waals surface area contributed by atoms with Crippen LogP contribution in [-0.4, -0.2) is 18.2 Å². The minimum atomic E-state index is -6.40. The molecule has 1 nitrogen and oxygen atoms in total. The molecule has 18 heavy (non-hydrogen) atoms. The fraction of sp³-hybridized carbons (Fsp3) is 0.333. The summed E-state index contributed by atoms with van der Waals surface area (Å²) in [6, 6.07) is 4.17. The second-order valence-corrected chi connectivity index (χ2v) is 4.39. The maximum Gasteiger partial charge on any atom is 0.474 e. The van der Waals surface area contributed by atoms with Crippen LogP contribution in [-0.2, 0) is 0 Å². The highest BCUT2D eigenvalue weighted by Gasteiger charge is 2.75. The van der Waals surface area contributed by atoms with Crippen LogP contribution in [0.25, 0.3) is 0 Å². The molecule has 0 aliphatic heterocycles. The number of alkyl halides is 7. The summed E-state index contributed by atoms with van der Waals surface area (Å²) in [4.78, 5) is 0. The van der Waals surface area contributed by atoms with Gasteiger partial charge in [0.05, 0.1) is 0 Å². The lowest BCUT2D eigenvalue weighted by molar-refractivity contribution is -0.402. The van der Waals surface area contributed by atoms with E-state index in [2.05, 4.69) is 4.74 Å². The molecule has 0 N–H and O–H groups in total. The summed E-state index contributed by atoms with van der Waals surface area (Å²) in [6.07, 6.45) is -12.1. The van der Waals surface area contributed by atoms with Crippen molar-refractivity contribution in [1.82, 2.24) is 0 Å². The van der Waals surface area contributed by atoms with Crippen LogP contribution in [0.3, 0.4) is 0 Å². The Kier molecular flexibility index (Phi) is 4.03. The first-order valence-corrected chi connectivity index (χ1v) is 5.32. The molecule has 0 aliphatic carbocycles. The lowest BCUT2D eigenvalue weighted by Crippen LogP contribution is -2.55. The van der Waals surface area contributed by atoms with E-state index in [1.807, 2.05) is 0 Å². The summed E-state index contributed by atoms with van der Waals surface area (Å²) in [7, 11) is 0. The Balaban J connectivity index is 2.97. The molecule has 0 saturated carbocycles. The zero-order valence-corrected chi connectivity index (χ0v) is 10.4. The first-order valence-electron chi connectivity index (χ1n) is 4.24. The number of rotatable bonds is 3. The Bertz CT molecular complexity index is 412. The van der Waals surface area contributed by atoms with Gasteiger partial charge in [0.2, 0.25) is 0 Å². The number of ether oxygens (including phenoxy) is 1. The summed E-state index contributed by atoms with van der Waals surface area (Å²) >= 11 is 1.79. The van der Waals surface area contributed by atoms with Gasteiger partial charge in [0.25, 0.3) is 0 Å². The topological polar surface area (TPSA) is 9.23 Å². The number of hydrogen-bond donors (Lipinski definition) is 0. The number of hydrogen-bond acceptors (Lipinski definition) is 1. The van der Waals surface area contributed by atoms with E-state index in [0.29, 0.717) is 3.57 Å². The molecule has 0 aliphatic rings. The molecule has 9 heteroatoms. The van der Waals surface area contributed by atoms with Crippen molar-refractivity contribution >= 4 is 22.6 Å². The van der Waals surface area contributed by atoms with Crippen molar-refractivity contribution in [3.63, 3.8) is 0 Å². The van der Waals surface area contributed by atoms with Gasteiger partial charge in [0, 0.05) is 3.57 Å². The van der Waals surface area contributed by atoms with E-state index in [1.54, 1.807) is 22.6 Å². The van der Waals surface area contributed by atoms with Gasteiger partial charge in [-0.1, -0.05) is 0 Å². The summed E-state index contributed by atoms with van der Waals surface area (Å²) in [5, 5.41) is 0. The molecule has 0 heterocycles. The van der Waals surface area contributed by atoms with E-state index in [0.717, 1.165) is 12.1 Å². The van der Waals surface area contributed by atoms with Crippen LogP contribution in [0.4, 0.5) is 30.7 Å². The van der Waals surface area contributed by atoms with E-state index in [9.17, 15) is 30.7 Å². The largest absolute Gasteiger partial charge is 0.474 e. The lowest BCUT2D eigenvalue weighted by Gasteiger charge is -2.27. The van der Waals surface area contributed by atoms with Gasteiger partial charge >= 0.3 is 18.2 Å². The van der Waals surface area contributed by atoms with Crippen LogP contribution in [0.2, 0.25) is 0 Å². The first kappa shape index (κ1) is 15.3. The Hall–Kier alpha value is -0.740. The Labute approximate surface area is 110 Å². The van der Waals surface area contributed by atoms with Crippen molar-refractivity contribution in [2.24, 2.45) is 0 Å². The monoisotopic (exact) mass is 388 g/mol. The summed E-state index contributed by atoms with van der Waals surface area (Å²) in [6.45, 7) is 0. The summed E-state index contributed by atoms with van der Waals surface area (Å²) in [5.74, 6) is -7.06. The smallest absolute Gasteiger partial charge is 0.428 e. The summed E-state index contributed by atoms with van der Waals surface area (Å²) < 4.78 is 89.9. The highest BCUT2D eigenvalue weighted by atomic mass is 127. The lowest BCUT2D eigenvalue weighted by atomic mass is 10.3. The van der Waals surface area contributed by atoms with Crippen molar-refractivity contribution in [2.75, 3.05) is 0 Å². The average Bonchev–Trinajstić information content (AvgIpc) is 2.19. The quantitative estimate of drug-likeness (QED) is 0.549. The van der Waals surface area contributed by atoms with Crippen molar-refractivity contribution < 1.29 is 35.5 Å². The third kappa shape index (κ3) is 2.98. The maximum absolute atomic E-state index is 12.8. The predicted octanol–water partition coefficient (Wildman–Crippen LogP) is 4.46. The van der Waals surface area contributed by atoms with Crippen LogP contribution < -0.4 is 4.74 Å². The molecule has 1 aromatic carbocycles. The van der Waals surface area contributed by atoms with Gasteiger partial charge < -0.3 is 4.74 Å². The van der Waals surface area contributed by atoms with Crippen molar-refractivity contribution in [2.45, 2.75) is 18.2 Å². The van der Waals surface area contributed by atoms with E-state index >= 15 is 0 Å². The van der Waals surface area contributed by atoms with Gasteiger partial charge in [-0.15, -0.1) is 0 Å². The van der Waals surface area contributed by atoms with E-state index in [4.69, 9.17) is 0 Å². The molecule has 0 fully saturated rings. The van der Waals surface area contributed by atoms with Gasteiger partial charge in [0.1, 0.15) is 5.75 Å². The van der Waals surface area contributed by atoms with E-state index < -0.39 is 24.0 Å². The summed E-state index contributed by atoms with van der Waals surface area (Å²) in [5.41, 5.74) is 0. The molecule has 0 spiro atoms. The Morgan fingerprint density at radius 2 is 1.28 bits per heavy atom. The normalized spacial score (nSPS) is 13.6. The van der Waals surface area contributed by atoms with Crippen LogP contribution in [0.5, 0.6) is 5.75 Å². The van der Waals surface area contributed by atoms with Gasteiger partial charge in [-0.05, 0) is 46.9 Å². The van der Waals surface area contributed by atoms with E-state index in [-0.39, 0.29) is 0 Å². The van der Waals surface area contributed by atoms with Crippen molar-refractivity contribution in [3.05, 3.63) is 27.8 Å². The van der Waals surface area contributed by atoms with Gasteiger partial charge in [-0.25, -0.2) is 0 Å². The van der Waals surface area contributed by atoms with Gasteiger partial charge in [-0.2, -0.15) is 30.7 Å². The zero-order chi connectivity index (χ0) is 14.2. The Morgan fingerprint density at radius 3 is 1.67 bits per heavy atom. The molecule has 102 valence electrons. The van der Waals surface area contributed by atoms with Crippen molar-refractivity contribution in [3.8, 4) is 5.75 Å². The highest BCUT2D eigenvalue weighted by molar-refractivity contribution is 14.1. The minimum absolute atomic E-state index is 0.575. The molecule has 0 radical (unpaired) electrons. The standard InChI is InChI=1S/C9H4F7IO/c10-7(11,8(12,13)14)9(15,16)18-6-3-1-5(17)2-4-6/h1-4H. The molecule has 0 unspecified atom stereocenters. The van der Waals surface area contributed by atoms with Gasteiger partial charge in [-0.3, -0.25) is 0 Å². The second-order valence-electron chi connectivity index (χ2n) is 3.14. The Morgan fingerprint density at radius 1 is 0.833 bits per heavy atom. The van der Waals surface area contributed by atoms with E-state index in [1.165, 1.54) is 12.1 Å². The first-order chi connectivity index (χ1) is 7.97. The number of benzene rings is 1. The third-order valence-electron chi connectivity index (χ3n) is 1.78. The SMILES string of the molecule is FC(F)(F)C(F)(F)C(F)(F)Oc1ccc(I)cc1. The average molecular weight is 388 g/mol. The molecule has 0 bridgehead atoms. The number of halogens is 8. The highest BCUT2D eigenvalue weighted by Crippen LogP contribution is 2.47. The molecule has 0 atom stereocenters.